The molecule has 2 unspecified atom stereocenters. The van der Waals surface area contributed by atoms with Crippen LogP contribution in [0.15, 0.2) is 21.2 Å². The second-order valence-electron chi connectivity index (χ2n) is 3.03. The number of rotatable bonds is 8. The van der Waals surface area contributed by atoms with Crippen LogP contribution in [0.2, 0.25) is 0 Å². The van der Waals surface area contributed by atoms with Crippen LogP contribution >= 0.6 is 23.5 Å². The highest BCUT2D eigenvalue weighted by atomic mass is 35.5. The van der Waals surface area contributed by atoms with Gasteiger partial charge in [0.2, 0.25) is 0 Å². The first kappa shape index (κ1) is 15.6. The second-order valence-corrected chi connectivity index (χ2v) is 4.48. The molecule has 92 valence electrons. The van der Waals surface area contributed by atoms with Gasteiger partial charge in [0.25, 0.3) is 0 Å². The van der Waals surface area contributed by atoms with Crippen molar-refractivity contribution in [2.45, 2.75) is 25.2 Å². The molecule has 2 atom stereocenters. The molecule has 0 heterocycles. The summed E-state index contributed by atoms with van der Waals surface area (Å²) < 4.78 is 5.52. The van der Waals surface area contributed by atoms with Crippen molar-refractivity contribution in [2.75, 3.05) is 13.2 Å². The second kappa shape index (κ2) is 9.84. The molecular formula is C10H18ClN3OS. The fourth-order valence-electron chi connectivity index (χ4n) is 1.00. The zero-order valence-electron chi connectivity index (χ0n) is 9.60. The molecule has 0 saturated carbocycles. The van der Waals surface area contributed by atoms with Crippen molar-refractivity contribution in [3.05, 3.63) is 11.2 Å². The quantitative estimate of drug-likeness (QED) is 0.540. The molecule has 0 radical (unpaired) electrons. The lowest BCUT2D eigenvalue weighted by molar-refractivity contribution is 0.0709. The maximum Gasteiger partial charge on any atom is 0.0898 e. The Bertz CT molecular complexity index is 258. The van der Waals surface area contributed by atoms with Gasteiger partial charge in [-0.1, -0.05) is 23.5 Å². The Morgan fingerprint density at radius 2 is 2.38 bits per heavy atom. The molecule has 0 aromatic rings. The Hall–Kier alpha value is -0.360. The van der Waals surface area contributed by atoms with E-state index in [0.717, 1.165) is 0 Å². The van der Waals surface area contributed by atoms with Gasteiger partial charge in [-0.3, -0.25) is 15.1 Å². The normalized spacial score (nSPS) is 16.4. The number of allylic oxidation sites excluding steroid dienone is 1. The summed E-state index contributed by atoms with van der Waals surface area (Å²) in [6.45, 7) is 8.41. The van der Waals surface area contributed by atoms with Crippen LogP contribution in [0, 0.1) is 0 Å². The standard InChI is InChI=1S/C10H18ClN3OS/c1-4-15-10(8(2)16-12)7-14-6-9(11)5-13-3/h5-6,8,10H,3-4,7,12H2,1-2H3/b9-5+,14-6-. The minimum absolute atomic E-state index is 0.00240. The average Bonchev–Trinajstić information content (AvgIpc) is 2.27. The van der Waals surface area contributed by atoms with Gasteiger partial charge in [0.1, 0.15) is 0 Å². The summed E-state index contributed by atoms with van der Waals surface area (Å²) in [5, 5.41) is 6.14. The van der Waals surface area contributed by atoms with Crippen LogP contribution < -0.4 is 5.14 Å². The molecule has 0 aromatic heterocycles. The van der Waals surface area contributed by atoms with Gasteiger partial charge in [-0.2, -0.15) is 0 Å². The molecule has 0 amide bonds. The molecule has 0 aliphatic rings. The van der Waals surface area contributed by atoms with Gasteiger partial charge in [0.15, 0.2) is 0 Å². The number of nitrogens with two attached hydrogens (primary N) is 1. The number of hydrogen-bond donors (Lipinski definition) is 1. The number of hydrogen-bond acceptors (Lipinski definition) is 5. The highest BCUT2D eigenvalue weighted by molar-refractivity contribution is 7.97. The topological polar surface area (TPSA) is 60.0 Å². The summed E-state index contributed by atoms with van der Waals surface area (Å²) in [6, 6.07) is 0. The Kier molecular flexibility index (Phi) is 9.62. The molecule has 0 fully saturated rings. The van der Waals surface area contributed by atoms with Crippen LogP contribution in [0.5, 0.6) is 0 Å². The van der Waals surface area contributed by atoms with Crippen molar-refractivity contribution in [2.24, 2.45) is 15.1 Å². The molecule has 0 aliphatic heterocycles. The van der Waals surface area contributed by atoms with Gasteiger partial charge in [-0.25, -0.2) is 0 Å². The molecule has 0 aromatic carbocycles. The van der Waals surface area contributed by atoms with E-state index in [1.54, 1.807) is 0 Å². The minimum atomic E-state index is -0.00240. The van der Waals surface area contributed by atoms with E-state index in [9.17, 15) is 0 Å². The first-order chi connectivity index (χ1) is 7.65. The molecule has 0 aliphatic carbocycles. The van der Waals surface area contributed by atoms with Gasteiger partial charge in [0.05, 0.1) is 17.7 Å². The van der Waals surface area contributed by atoms with Gasteiger partial charge >= 0.3 is 0 Å². The maximum absolute atomic E-state index is 5.76. The molecule has 6 heteroatoms. The highest BCUT2D eigenvalue weighted by Crippen LogP contribution is 2.11. The lowest BCUT2D eigenvalue weighted by Crippen LogP contribution is -2.28. The molecule has 16 heavy (non-hydrogen) atoms. The molecular weight excluding hydrogens is 246 g/mol. The predicted octanol–water partition coefficient (Wildman–Crippen LogP) is 2.24. The third-order valence-electron chi connectivity index (χ3n) is 1.83. The predicted molar refractivity (Wildman–Crippen MR) is 73.5 cm³/mol. The van der Waals surface area contributed by atoms with Gasteiger partial charge in [-0.15, -0.1) is 0 Å². The van der Waals surface area contributed by atoms with Crippen molar-refractivity contribution < 1.29 is 4.74 Å². The fourth-order valence-corrected chi connectivity index (χ4v) is 1.48. The van der Waals surface area contributed by atoms with Gasteiger partial charge < -0.3 is 4.74 Å². The number of ether oxygens (including phenoxy) is 1. The minimum Gasteiger partial charge on any atom is -0.375 e. The molecule has 4 nitrogen and oxygen atoms in total. The Morgan fingerprint density at radius 1 is 1.69 bits per heavy atom. The molecule has 0 bridgehead atoms. The maximum atomic E-state index is 5.76. The number of aliphatic imine (C=N–C) groups is 2. The van der Waals surface area contributed by atoms with Crippen molar-refractivity contribution >= 4 is 36.5 Å². The van der Waals surface area contributed by atoms with Crippen molar-refractivity contribution in [3.63, 3.8) is 0 Å². The van der Waals surface area contributed by atoms with Crippen LogP contribution in [0.25, 0.3) is 0 Å². The Morgan fingerprint density at radius 3 is 2.88 bits per heavy atom. The van der Waals surface area contributed by atoms with E-state index in [0.29, 0.717) is 18.2 Å². The molecule has 0 spiro atoms. The largest absolute Gasteiger partial charge is 0.375 e. The summed E-state index contributed by atoms with van der Waals surface area (Å²) >= 11 is 7.03. The third-order valence-corrected chi connectivity index (χ3v) is 2.76. The highest BCUT2D eigenvalue weighted by Gasteiger charge is 2.15. The summed E-state index contributed by atoms with van der Waals surface area (Å²) in [4.78, 5) is 7.70. The Labute approximate surface area is 106 Å². The van der Waals surface area contributed by atoms with Crippen LogP contribution in [0.4, 0.5) is 0 Å². The number of halogens is 1. The third kappa shape index (κ3) is 7.00. The monoisotopic (exact) mass is 263 g/mol. The molecule has 0 saturated heterocycles. The summed E-state index contributed by atoms with van der Waals surface area (Å²) in [6.07, 6.45) is 2.97. The molecule has 0 rings (SSSR count). The van der Waals surface area contributed by atoms with E-state index >= 15 is 0 Å². The van der Waals surface area contributed by atoms with Crippen LogP contribution in [0.3, 0.4) is 0 Å². The fraction of sp³-hybridized carbons (Fsp3) is 0.600. The summed E-state index contributed by atoms with van der Waals surface area (Å²) in [5.41, 5.74) is 0. The lowest BCUT2D eigenvalue weighted by atomic mass is 10.3. The lowest BCUT2D eigenvalue weighted by Gasteiger charge is -2.19. The van der Waals surface area contributed by atoms with E-state index in [1.807, 2.05) is 13.8 Å². The summed E-state index contributed by atoms with van der Waals surface area (Å²) in [7, 11) is 0. The average molecular weight is 264 g/mol. The van der Waals surface area contributed by atoms with Gasteiger partial charge in [-0.05, 0) is 20.6 Å². The SMILES string of the molecule is C=N/C=C(Cl)\C=N/CC(OCC)C(C)SN. The smallest absolute Gasteiger partial charge is 0.0898 e. The van der Waals surface area contributed by atoms with E-state index < -0.39 is 0 Å². The van der Waals surface area contributed by atoms with E-state index in [1.165, 1.54) is 24.4 Å². The summed E-state index contributed by atoms with van der Waals surface area (Å²) in [5.74, 6) is 0. The Balaban J connectivity index is 4.20. The van der Waals surface area contributed by atoms with E-state index in [2.05, 4.69) is 16.7 Å². The van der Waals surface area contributed by atoms with E-state index in [4.69, 9.17) is 21.5 Å². The first-order valence-electron chi connectivity index (χ1n) is 4.94. The van der Waals surface area contributed by atoms with Crippen LogP contribution in [-0.4, -0.2) is 37.4 Å². The zero-order chi connectivity index (χ0) is 12.4. The van der Waals surface area contributed by atoms with Gasteiger partial charge in [0, 0.05) is 24.3 Å². The van der Waals surface area contributed by atoms with Crippen LogP contribution in [0.1, 0.15) is 13.8 Å². The van der Waals surface area contributed by atoms with Crippen molar-refractivity contribution in [3.8, 4) is 0 Å². The first-order valence-corrected chi connectivity index (χ1v) is 6.26. The van der Waals surface area contributed by atoms with Crippen molar-refractivity contribution in [1.82, 2.24) is 0 Å². The molecule has 2 N–H and O–H groups in total. The zero-order valence-corrected chi connectivity index (χ0v) is 11.2. The van der Waals surface area contributed by atoms with E-state index in [-0.39, 0.29) is 11.4 Å². The van der Waals surface area contributed by atoms with Crippen molar-refractivity contribution in [1.29, 1.82) is 0 Å². The number of nitrogens with zero attached hydrogens (tertiary/aromatic N) is 2. The van der Waals surface area contributed by atoms with Crippen LogP contribution in [-0.2, 0) is 4.74 Å².